The summed E-state index contributed by atoms with van der Waals surface area (Å²) in [7, 11) is 1.80. The summed E-state index contributed by atoms with van der Waals surface area (Å²) in [5.74, 6) is 0. The number of pyridine rings is 1. The molecule has 2 rings (SSSR count). The van der Waals surface area contributed by atoms with Gasteiger partial charge in [-0.15, -0.1) is 5.10 Å². The highest BCUT2D eigenvalue weighted by atomic mass is 79.9. The van der Waals surface area contributed by atoms with Crippen LogP contribution in [-0.4, -0.2) is 25.2 Å². The van der Waals surface area contributed by atoms with E-state index >= 15 is 0 Å². The standard InChI is InChI=1S/C7H6BrN5S/c1-13-7(10-11-12-13)14-6-2-3-9-4-5(6)8/h2-4H,1H3. The third-order valence-corrected chi connectivity index (χ3v) is 3.52. The first-order chi connectivity index (χ1) is 6.77. The first-order valence-corrected chi connectivity index (χ1v) is 5.38. The van der Waals surface area contributed by atoms with Crippen LogP contribution in [0.4, 0.5) is 0 Å². The Morgan fingerprint density at radius 1 is 1.50 bits per heavy atom. The van der Waals surface area contributed by atoms with Crippen LogP contribution in [0.25, 0.3) is 0 Å². The molecule has 0 atom stereocenters. The molecule has 0 N–H and O–H groups in total. The van der Waals surface area contributed by atoms with Crippen LogP contribution in [0.5, 0.6) is 0 Å². The van der Waals surface area contributed by atoms with Crippen molar-refractivity contribution in [3.05, 3.63) is 22.9 Å². The van der Waals surface area contributed by atoms with Crippen LogP contribution in [0.2, 0.25) is 0 Å². The van der Waals surface area contributed by atoms with Gasteiger partial charge in [0.25, 0.3) is 0 Å². The van der Waals surface area contributed by atoms with E-state index in [1.165, 1.54) is 11.8 Å². The number of aryl methyl sites for hydroxylation is 1. The Morgan fingerprint density at radius 2 is 2.36 bits per heavy atom. The molecule has 2 aromatic rings. The topological polar surface area (TPSA) is 56.5 Å². The minimum atomic E-state index is 0.747. The zero-order valence-corrected chi connectivity index (χ0v) is 9.66. The summed E-state index contributed by atoms with van der Waals surface area (Å²) in [6, 6.07) is 1.91. The summed E-state index contributed by atoms with van der Waals surface area (Å²) >= 11 is 4.89. The number of aromatic nitrogens is 5. The lowest BCUT2D eigenvalue weighted by atomic mass is 10.5. The zero-order valence-electron chi connectivity index (χ0n) is 7.25. The molecule has 0 radical (unpaired) electrons. The molecular weight excluding hydrogens is 266 g/mol. The molecule has 2 aromatic heterocycles. The average Bonchev–Trinajstić information content (AvgIpc) is 2.56. The number of rotatable bonds is 2. The van der Waals surface area contributed by atoms with Crippen LogP contribution in [0, 0.1) is 0 Å². The average molecular weight is 272 g/mol. The summed E-state index contributed by atoms with van der Waals surface area (Å²) in [6.45, 7) is 0. The Morgan fingerprint density at radius 3 is 3.00 bits per heavy atom. The largest absolute Gasteiger partial charge is 0.263 e. The van der Waals surface area contributed by atoms with Crippen molar-refractivity contribution in [2.24, 2.45) is 7.05 Å². The summed E-state index contributed by atoms with van der Waals surface area (Å²) < 4.78 is 2.56. The number of hydrogen-bond donors (Lipinski definition) is 0. The van der Waals surface area contributed by atoms with Crippen molar-refractivity contribution >= 4 is 27.7 Å². The monoisotopic (exact) mass is 271 g/mol. The van der Waals surface area contributed by atoms with Crippen LogP contribution < -0.4 is 0 Å². The molecule has 0 spiro atoms. The molecule has 0 aliphatic heterocycles. The van der Waals surface area contributed by atoms with Gasteiger partial charge in [0.05, 0.1) is 0 Å². The van der Waals surface area contributed by atoms with Crippen LogP contribution in [0.1, 0.15) is 0 Å². The van der Waals surface area contributed by atoms with E-state index in [-0.39, 0.29) is 0 Å². The third kappa shape index (κ3) is 1.93. The first-order valence-electron chi connectivity index (χ1n) is 3.77. The highest BCUT2D eigenvalue weighted by Crippen LogP contribution is 2.30. The molecule has 2 heterocycles. The van der Waals surface area contributed by atoms with Crippen LogP contribution in [0.15, 0.2) is 33.0 Å². The molecule has 72 valence electrons. The zero-order chi connectivity index (χ0) is 9.97. The maximum absolute atomic E-state index is 3.98. The van der Waals surface area contributed by atoms with E-state index in [9.17, 15) is 0 Å². The number of hydrogen-bond acceptors (Lipinski definition) is 5. The van der Waals surface area contributed by atoms with Gasteiger partial charge in [-0.1, -0.05) is 0 Å². The second kappa shape index (κ2) is 4.05. The van der Waals surface area contributed by atoms with E-state index in [0.29, 0.717) is 0 Å². The summed E-state index contributed by atoms with van der Waals surface area (Å²) in [4.78, 5) is 5.02. The maximum Gasteiger partial charge on any atom is 0.213 e. The molecule has 0 aromatic carbocycles. The Kier molecular flexibility index (Phi) is 2.78. The Hall–Kier alpha value is -0.950. The normalized spacial score (nSPS) is 10.4. The minimum Gasteiger partial charge on any atom is -0.263 e. The molecule has 14 heavy (non-hydrogen) atoms. The Bertz CT molecular complexity index is 443. The molecule has 0 bridgehead atoms. The van der Waals surface area contributed by atoms with Crippen molar-refractivity contribution in [3.63, 3.8) is 0 Å². The van der Waals surface area contributed by atoms with Crippen LogP contribution >= 0.6 is 27.7 Å². The lowest BCUT2D eigenvalue weighted by molar-refractivity contribution is 0.664. The highest BCUT2D eigenvalue weighted by molar-refractivity contribution is 9.10. The van der Waals surface area contributed by atoms with Gasteiger partial charge in [0.15, 0.2) is 0 Å². The van der Waals surface area contributed by atoms with Crippen molar-refractivity contribution in [2.45, 2.75) is 10.1 Å². The molecule has 0 fully saturated rings. The van der Waals surface area contributed by atoms with E-state index in [0.717, 1.165) is 14.5 Å². The fraction of sp³-hybridized carbons (Fsp3) is 0.143. The van der Waals surface area contributed by atoms with E-state index in [1.54, 1.807) is 24.1 Å². The minimum absolute atomic E-state index is 0.747. The number of nitrogens with zero attached hydrogens (tertiary/aromatic N) is 5. The lowest BCUT2D eigenvalue weighted by Crippen LogP contribution is -1.92. The summed E-state index contributed by atoms with van der Waals surface area (Å²) in [5.41, 5.74) is 0. The molecular formula is C7H6BrN5S. The van der Waals surface area contributed by atoms with Crippen molar-refractivity contribution < 1.29 is 0 Å². The number of halogens is 1. The Balaban J connectivity index is 2.28. The van der Waals surface area contributed by atoms with Crippen molar-refractivity contribution in [1.82, 2.24) is 25.2 Å². The van der Waals surface area contributed by atoms with E-state index < -0.39 is 0 Å². The molecule has 0 unspecified atom stereocenters. The van der Waals surface area contributed by atoms with Gasteiger partial charge in [0.1, 0.15) is 0 Å². The quantitative estimate of drug-likeness (QED) is 0.829. The van der Waals surface area contributed by atoms with Gasteiger partial charge in [-0.05, 0) is 44.2 Å². The van der Waals surface area contributed by atoms with Gasteiger partial charge in [0, 0.05) is 28.8 Å². The molecule has 0 aliphatic rings. The number of tetrazole rings is 1. The third-order valence-electron chi connectivity index (χ3n) is 1.52. The fourth-order valence-corrected chi connectivity index (χ4v) is 2.07. The molecule has 0 aliphatic carbocycles. The van der Waals surface area contributed by atoms with E-state index in [1.807, 2.05) is 6.07 Å². The van der Waals surface area contributed by atoms with Crippen LogP contribution in [0.3, 0.4) is 0 Å². The fourth-order valence-electron chi connectivity index (χ4n) is 0.851. The van der Waals surface area contributed by atoms with Crippen molar-refractivity contribution in [1.29, 1.82) is 0 Å². The van der Waals surface area contributed by atoms with E-state index in [2.05, 4.69) is 36.4 Å². The SMILES string of the molecule is Cn1nnnc1Sc1ccncc1Br. The second-order valence-corrected chi connectivity index (χ2v) is 4.36. The summed E-state index contributed by atoms with van der Waals surface area (Å²) in [6.07, 6.45) is 3.48. The predicted octanol–water partition coefficient (Wildman–Crippen LogP) is 1.52. The first kappa shape index (κ1) is 9.60. The summed E-state index contributed by atoms with van der Waals surface area (Å²) in [5, 5.41) is 11.9. The van der Waals surface area contributed by atoms with Gasteiger partial charge in [0.2, 0.25) is 5.16 Å². The highest BCUT2D eigenvalue weighted by Gasteiger charge is 2.06. The Labute approximate surface area is 93.0 Å². The van der Waals surface area contributed by atoms with Gasteiger partial charge in [-0.25, -0.2) is 4.68 Å². The maximum atomic E-state index is 3.98. The van der Waals surface area contributed by atoms with Gasteiger partial charge in [-0.2, -0.15) is 0 Å². The van der Waals surface area contributed by atoms with Gasteiger partial charge < -0.3 is 0 Å². The van der Waals surface area contributed by atoms with Crippen LogP contribution in [-0.2, 0) is 7.05 Å². The van der Waals surface area contributed by atoms with Crippen molar-refractivity contribution in [2.75, 3.05) is 0 Å². The smallest absolute Gasteiger partial charge is 0.213 e. The molecule has 7 heteroatoms. The second-order valence-electron chi connectivity index (χ2n) is 2.49. The van der Waals surface area contributed by atoms with Gasteiger partial charge >= 0.3 is 0 Å². The molecule has 5 nitrogen and oxygen atoms in total. The van der Waals surface area contributed by atoms with E-state index in [4.69, 9.17) is 0 Å². The predicted molar refractivity (Wildman–Crippen MR) is 54.9 cm³/mol. The molecule has 0 saturated heterocycles. The molecule has 0 amide bonds. The van der Waals surface area contributed by atoms with Gasteiger partial charge in [-0.3, -0.25) is 4.98 Å². The lowest BCUT2D eigenvalue weighted by Gasteiger charge is -2.00. The van der Waals surface area contributed by atoms with Crippen molar-refractivity contribution in [3.8, 4) is 0 Å². The molecule has 0 saturated carbocycles.